The predicted molar refractivity (Wildman–Crippen MR) is 106 cm³/mol. The fourth-order valence-corrected chi connectivity index (χ4v) is 5.50. The predicted octanol–water partition coefficient (Wildman–Crippen LogP) is 2.11. The molecule has 2 aliphatic heterocycles. The molecule has 2 aromatic carbocycles. The van der Waals surface area contributed by atoms with Crippen molar-refractivity contribution in [2.45, 2.75) is 23.8 Å². The number of amides is 1. The van der Waals surface area contributed by atoms with Gasteiger partial charge in [0.15, 0.2) is 0 Å². The van der Waals surface area contributed by atoms with Gasteiger partial charge in [0.2, 0.25) is 10.0 Å². The summed E-state index contributed by atoms with van der Waals surface area (Å²) in [5.74, 6) is -1.31. The van der Waals surface area contributed by atoms with Crippen LogP contribution in [0.5, 0.6) is 0 Å². The lowest BCUT2D eigenvalue weighted by Gasteiger charge is -2.25. The van der Waals surface area contributed by atoms with Crippen molar-refractivity contribution < 1.29 is 18.0 Å². The molecule has 0 spiro atoms. The van der Waals surface area contributed by atoms with Gasteiger partial charge in [0.1, 0.15) is 0 Å². The van der Waals surface area contributed by atoms with E-state index in [9.17, 15) is 18.0 Å². The Hall–Kier alpha value is -2.71. The molecule has 8 heteroatoms. The molecule has 1 amide bonds. The summed E-state index contributed by atoms with van der Waals surface area (Å²) < 4.78 is 27.9. The fourth-order valence-electron chi connectivity index (χ4n) is 3.78. The average molecular weight is 399 g/mol. The second kappa shape index (κ2) is 7.03. The molecule has 2 aromatic rings. The molecule has 0 aromatic heterocycles. The molecule has 4 rings (SSSR count). The molecule has 0 bridgehead atoms. The normalized spacial score (nSPS) is 19.9. The Kier molecular flexibility index (Phi) is 4.68. The van der Waals surface area contributed by atoms with Gasteiger partial charge >= 0.3 is 0 Å². The van der Waals surface area contributed by atoms with Crippen molar-refractivity contribution in [3.05, 3.63) is 54.1 Å². The molecule has 146 valence electrons. The van der Waals surface area contributed by atoms with Crippen LogP contribution in [0, 0.1) is 0 Å². The molecule has 1 atom stereocenters. The molecule has 2 aliphatic rings. The molecule has 2 heterocycles. The number of carbonyl (C=O) groups is 2. The van der Waals surface area contributed by atoms with Gasteiger partial charge in [-0.3, -0.25) is 9.59 Å². The highest BCUT2D eigenvalue weighted by Gasteiger charge is 2.38. The summed E-state index contributed by atoms with van der Waals surface area (Å²) in [4.78, 5) is 25.3. The lowest BCUT2D eigenvalue weighted by atomic mass is 10.1. The second-order valence-electron chi connectivity index (χ2n) is 7.03. The summed E-state index contributed by atoms with van der Waals surface area (Å²) in [6, 6.07) is 13.8. The number of hydrogen-bond acceptors (Lipinski definition) is 5. The number of nitrogens with one attached hydrogen (secondary N) is 1. The zero-order chi connectivity index (χ0) is 19.9. The molecule has 28 heavy (non-hydrogen) atoms. The highest BCUT2D eigenvalue weighted by Crippen LogP contribution is 2.32. The minimum absolute atomic E-state index is 0.0503. The summed E-state index contributed by atoms with van der Waals surface area (Å²) in [5, 5.41) is 3.29. The van der Waals surface area contributed by atoms with Gasteiger partial charge in [0, 0.05) is 31.9 Å². The second-order valence-corrected chi connectivity index (χ2v) is 8.92. The number of nitrogens with zero attached hydrogens (tertiary/aromatic N) is 2. The Morgan fingerprint density at radius 2 is 1.86 bits per heavy atom. The minimum Gasteiger partial charge on any atom is -0.383 e. The Balaban J connectivity index is 1.58. The van der Waals surface area contributed by atoms with Gasteiger partial charge < -0.3 is 10.2 Å². The molecule has 0 radical (unpaired) electrons. The highest BCUT2D eigenvalue weighted by molar-refractivity contribution is 7.89. The molecule has 7 nitrogen and oxygen atoms in total. The van der Waals surface area contributed by atoms with Crippen LogP contribution >= 0.6 is 0 Å². The zero-order valence-corrected chi connectivity index (χ0v) is 16.3. The van der Waals surface area contributed by atoms with Crippen molar-refractivity contribution in [1.82, 2.24) is 4.31 Å². The fraction of sp³-hybridized carbons (Fsp3) is 0.300. The van der Waals surface area contributed by atoms with Crippen LogP contribution in [0.4, 0.5) is 11.4 Å². The summed E-state index contributed by atoms with van der Waals surface area (Å²) in [5.41, 5.74) is 1.53. The summed E-state index contributed by atoms with van der Waals surface area (Å²) in [6.07, 6.45) is 1.55. The molecule has 1 saturated heterocycles. The van der Waals surface area contributed by atoms with Crippen LogP contribution in [0.1, 0.15) is 23.2 Å². The van der Waals surface area contributed by atoms with E-state index >= 15 is 0 Å². The summed E-state index contributed by atoms with van der Waals surface area (Å²) >= 11 is 0. The van der Waals surface area contributed by atoms with E-state index in [1.54, 1.807) is 0 Å². The van der Waals surface area contributed by atoms with Crippen molar-refractivity contribution in [3.8, 4) is 0 Å². The molecule has 0 aliphatic carbocycles. The number of ketones is 1. The summed E-state index contributed by atoms with van der Waals surface area (Å²) in [6.45, 7) is 0.946. The lowest BCUT2D eigenvalue weighted by molar-refractivity contribution is -0.114. The number of para-hydroxylation sites is 1. The first-order valence-electron chi connectivity index (χ1n) is 9.17. The number of rotatable bonds is 5. The number of hydrogen-bond donors (Lipinski definition) is 1. The third kappa shape index (κ3) is 3.08. The first kappa shape index (κ1) is 18.6. The van der Waals surface area contributed by atoms with E-state index in [2.05, 4.69) is 5.32 Å². The third-order valence-corrected chi connectivity index (χ3v) is 7.27. The third-order valence-electron chi connectivity index (χ3n) is 5.32. The smallest absolute Gasteiger partial charge is 0.299 e. The maximum Gasteiger partial charge on any atom is 0.299 e. The van der Waals surface area contributed by atoms with Crippen LogP contribution in [-0.2, 0) is 14.8 Å². The number of fused-ring (bicyclic) bond motifs is 1. The lowest BCUT2D eigenvalue weighted by Crippen LogP contribution is -2.39. The Morgan fingerprint density at radius 3 is 2.61 bits per heavy atom. The number of Topliss-reactive ketones (excluding diaryl/α,β-unsaturated/α-hetero) is 1. The molecule has 1 N–H and O–H groups in total. The Morgan fingerprint density at radius 1 is 1.11 bits per heavy atom. The molecular weight excluding hydrogens is 378 g/mol. The van der Waals surface area contributed by atoms with Gasteiger partial charge in [-0.15, -0.1) is 0 Å². The van der Waals surface area contributed by atoms with Gasteiger partial charge in [-0.1, -0.05) is 18.2 Å². The highest BCUT2D eigenvalue weighted by atomic mass is 32.2. The van der Waals surface area contributed by atoms with Crippen molar-refractivity contribution >= 4 is 33.1 Å². The molecule has 1 unspecified atom stereocenters. The minimum atomic E-state index is -3.76. The largest absolute Gasteiger partial charge is 0.383 e. The van der Waals surface area contributed by atoms with Gasteiger partial charge in [0.05, 0.1) is 16.1 Å². The first-order valence-corrected chi connectivity index (χ1v) is 10.6. The molecular formula is C20H21N3O4S. The Bertz CT molecular complexity index is 1040. The number of sulfonamides is 1. The van der Waals surface area contributed by atoms with Crippen molar-refractivity contribution in [2.75, 3.05) is 30.4 Å². The van der Waals surface area contributed by atoms with E-state index < -0.39 is 21.7 Å². The molecule has 0 saturated carbocycles. The SMILES string of the molecule is CN1C(=O)C(=O)c2cc(S(=O)(=O)N3CCCC3CNc3ccccc3)ccc21. The van der Waals surface area contributed by atoms with E-state index in [0.29, 0.717) is 18.8 Å². The number of likely N-dealkylation sites (N-methyl/N-ethyl adjacent to an activating group) is 1. The van der Waals surface area contributed by atoms with Crippen LogP contribution in [0.15, 0.2) is 53.4 Å². The maximum atomic E-state index is 13.2. The van der Waals surface area contributed by atoms with Gasteiger partial charge in [0.25, 0.3) is 11.7 Å². The zero-order valence-electron chi connectivity index (χ0n) is 15.5. The van der Waals surface area contributed by atoms with Crippen LogP contribution in [0.25, 0.3) is 0 Å². The number of benzene rings is 2. The van der Waals surface area contributed by atoms with Crippen molar-refractivity contribution in [3.63, 3.8) is 0 Å². The quantitative estimate of drug-likeness (QED) is 0.778. The van der Waals surface area contributed by atoms with Gasteiger partial charge in [-0.25, -0.2) is 8.42 Å². The Labute approximate surface area is 164 Å². The number of carbonyl (C=O) groups excluding carboxylic acids is 2. The van der Waals surface area contributed by atoms with Crippen molar-refractivity contribution in [2.24, 2.45) is 0 Å². The van der Waals surface area contributed by atoms with Crippen LogP contribution in [0.2, 0.25) is 0 Å². The van der Waals surface area contributed by atoms with Gasteiger partial charge in [-0.2, -0.15) is 4.31 Å². The van der Waals surface area contributed by atoms with Crippen LogP contribution in [-0.4, -0.2) is 50.6 Å². The number of anilines is 2. The molecule has 1 fully saturated rings. The summed E-state index contributed by atoms with van der Waals surface area (Å²) in [7, 11) is -2.25. The maximum absolute atomic E-state index is 13.2. The average Bonchev–Trinajstić information content (AvgIpc) is 3.27. The topological polar surface area (TPSA) is 86.8 Å². The van der Waals surface area contributed by atoms with Crippen LogP contribution in [0.3, 0.4) is 0 Å². The van der Waals surface area contributed by atoms with E-state index in [1.807, 2.05) is 30.3 Å². The van der Waals surface area contributed by atoms with E-state index in [0.717, 1.165) is 18.5 Å². The van der Waals surface area contributed by atoms with Crippen molar-refractivity contribution in [1.29, 1.82) is 0 Å². The van der Waals surface area contributed by atoms with Crippen LogP contribution < -0.4 is 10.2 Å². The van der Waals surface area contributed by atoms with Gasteiger partial charge in [-0.05, 0) is 43.2 Å². The van der Waals surface area contributed by atoms with E-state index in [4.69, 9.17) is 0 Å². The van der Waals surface area contributed by atoms with E-state index in [-0.39, 0.29) is 16.5 Å². The first-order chi connectivity index (χ1) is 13.4. The monoisotopic (exact) mass is 399 g/mol. The van der Waals surface area contributed by atoms with E-state index in [1.165, 1.54) is 34.5 Å². The standard InChI is InChI=1S/C20H21N3O4S/c1-22-18-10-9-16(12-17(18)19(24)20(22)25)28(26,27)23-11-5-8-15(23)13-21-14-6-3-2-4-7-14/h2-4,6-7,9-10,12,15,21H,5,8,11,13H2,1H3.